The first-order chi connectivity index (χ1) is 8.45. The highest BCUT2D eigenvalue weighted by Gasteiger charge is 2.08. The first kappa shape index (κ1) is 12.5. The van der Waals surface area contributed by atoms with Crippen LogP contribution in [0.2, 0.25) is 0 Å². The van der Waals surface area contributed by atoms with Crippen molar-refractivity contribution >= 4 is 0 Å². The molecule has 17 heavy (non-hydrogen) atoms. The van der Waals surface area contributed by atoms with Gasteiger partial charge in [0.05, 0.1) is 18.9 Å². The fraction of sp³-hybridized carbons (Fsp3) is 0.615. The largest absolute Gasteiger partial charge is 0.379 e. The summed E-state index contributed by atoms with van der Waals surface area (Å²) in [5.74, 6) is 0. The van der Waals surface area contributed by atoms with Crippen molar-refractivity contribution < 1.29 is 4.74 Å². The predicted molar refractivity (Wildman–Crippen MR) is 67.8 cm³/mol. The maximum absolute atomic E-state index is 5.32. The minimum absolute atomic E-state index is 0.865. The Kier molecular flexibility index (Phi) is 5.42. The minimum Gasteiger partial charge on any atom is -0.379 e. The number of pyridine rings is 1. The van der Waals surface area contributed by atoms with E-state index in [0.29, 0.717) is 0 Å². The summed E-state index contributed by atoms with van der Waals surface area (Å²) in [6, 6.07) is 6.02. The molecule has 0 spiro atoms. The Bertz CT molecular complexity index is 299. The molecule has 0 aromatic carbocycles. The zero-order valence-corrected chi connectivity index (χ0v) is 10.3. The Morgan fingerprint density at radius 3 is 2.94 bits per heavy atom. The molecule has 1 aliphatic rings. The van der Waals surface area contributed by atoms with Crippen LogP contribution in [0.3, 0.4) is 0 Å². The molecule has 1 N–H and O–H groups in total. The molecular weight excluding hydrogens is 214 g/mol. The van der Waals surface area contributed by atoms with Gasteiger partial charge in [0.15, 0.2) is 0 Å². The van der Waals surface area contributed by atoms with E-state index in [2.05, 4.69) is 21.3 Å². The second-order valence-electron chi connectivity index (χ2n) is 4.31. The lowest BCUT2D eigenvalue weighted by atomic mass is 10.3. The number of nitrogens with one attached hydrogen (secondary N) is 1. The summed E-state index contributed by atoms with van der Waals surface area (Å²) in [6.07, 6.45) is 3.03. The van der Waals surface area contributed by atoms with E-state index < -0.39 is 0 Å². The van der Waals surface area contributed by atoms with Gasteiger partial charge in [-0.3, -0.25) is 9.88 Å². The number of morpholine rings is 1. The zero-order chi connectivity index (χ0) is 11.8. The van der Waals surface area contributed by atoms with Gasteiger partial charge in [-0.25, -0.2) is 0 Å². The molecule has 0 radical (unpaired) electrons. The first-order valence-electron chi connectivity index (χ1n) is 6.36. The molecule has 2 rings (SSSR count). The maximum Gasteiger partial charge on any atom is 0.0594 e. The average molecular weight is 235 g/mol. The lowest BCUT2D eigenvalue weighted by Crippen LogP contribution is -2.37. The maximum atomic E-state index is 5.32. The highest BCUT2D eigenvalue weighted by atomic mass is 16.5. The van der Waals surface area contributed by atoms with Crippen molar-refractivity contribution in [3.8, 4) is 0 Å². The Hall–Kier alpha value is -0.970. The summed E-state index contributed by atoms with van der Waals surface area (Å²) >= 11 is 0. The second kappa shape index (κ2) is 7.37. The third kappa shape index (κ3) is 4.81. The van der Waals surface area contributed by atoms with Gasteiger partial charge in [0.2, 0.25) is 0 Å². The molecular formula is C13H21N3O. The quantitative estimate of drug-likeness (QED) is 0.743. The van der Waals surface area contributed by atoms with Crippen LogP contribution in [0.5, 0.6) is 0 Å². The van der Waals surface area contributed by atoms with E-state index in [0.717, 1.165) is 45.1 Å². The molecule has 1 aliphatic heterocycles. The molecule has 2 heterocycles. The third-order valence-corrected chi connectivity index (χ3v) is 2.96. The fourth-order valence-electron chi connectivity index (χ4n) is 1.97. The van der Waals surface area contributed by atoms with E-state index >= 15 is 0 Å². The Morgan fingerprint density at radius 1 is 1.29 bits per heavy atom. The number of nitrogens with zero attached hydrogens (tertiary/aromatic N) is 2. The summed E-state index contributed by atoms with van der Waals surface area (Å²) < 4.78 is 5.32. The van der Waals surface area contributed by atoms with Gasteiger partial charge in [0.25, 0.3) is 0 Å². The SMILES string of the molecule is c1ccc(CNCCCN2CCOCC2)nc1. The van der Waals surface area contributed by atoms with Gasteiger partial charge in [-0.15, -0.1) is 0 Å². The summed E-state index contributed by atoms with van der Waals surface area (Å²) in [7, 11) is 0. The molecule has 0 amide bonds. The van der Waals surface area contributed by atoms with E-state index in [1.807, 2.05) is 18.3 Å². The van der Waals surface area contributed by atoms with Crippen LogP contribution in [0.25, 0.3) is 0 Å². The van der Waals surface area contributed by atoms with Crippen LogP contribution in [0.4, 0.5) is 0 Å². The van der Waals surface area contributed by atoms with Crippen LogP contribution in [0, 0.1) is 0 Å². The van der Waals surface area contributed by atoms with E-state index in [4.69, 9.17) is 4.74 Å². The van der Waals surface area contributed by atoms with Crippen molar-refractivity contribution in [3.05, 3.63) is 30.1 Å². The van der Waals surface area contributed by atoms with Crippen molar-refractivity contribution in [1.29, 1.82) is 0 Å². The van der Waals surface area contributed by atoms with Crippen molar-refractivity contribution in [2.45, 2.75) is 13.0 Å². The normalized spacial score (nSPS) is 17.2. The van der Waals surface area contributed by atoms with Crippen LogP contribution in [-0.4, -0.2) is 49.3 Å². The molecule has 1 saturated heterocycles. The Balaban J connectivity index is 1.51. The zero-order valence-electron chi connectivity index (χ0n) is 10.3. The fourth-order valence-corrected chi connectivity index (χ4v) is 1.97. The van der Waals surface area contributed by atoms with E-state index in [-0.39, 0.29) is 0 Å². The van der Waals surface area contributed by atoms with Gasteiger partial charge in [0.1, 0.15) is 0 Å². The lowest BCUT2D eigenvalue weighted by molar-refractivity contribution is 0.0374. The topological polar surface area (TPSA) is 37.4 Å². The molecule has 1 aromatic heterocycles. The predicted octanol–water partition coefficient (Wildman–Crippen LogP) is 0.893. The van der Waals surface area contributed by atoms with Crippen LogP contribution < -0.4 is 5.32 Å². The van der Waals surface area contributed by atoms with Gasteiger partial charge in [-0.2, -0.15) is 0 Å². The van der Waals surface area contributed by atoms with Crippen LogP contribution in [0.1, 0.15) is 12.1 Å². The van der Waals surface area contributed by atoms with Crippen molar-refractivity contribution in [2.24, 2.45) is 0 Å². The Labute approximate surface area is 103 Å². The molecule has 0 bridgehead atoms. The van der Waals surface area contributed by atoms with E-state index in [1.54, 1.807) is 0 Å². The van der Waals surface area contributed by atoms with Crippen molar-refractivity contribution in [3.63, 3.8) is 0 Å². The minimum atomic E-state index is 0.865. The van der Waals surface area contributed by atoms with Crippen molar-refractivity contribution in [2.75, 3.05) is 39.4 Å². The summed E-state index contributed by atoms with van der Waals surface area (Å²) in [5.41, 5.74) is 1.11. The second-order valence-corrected chi connectivity index (χ2v) is 4.31. The van der Waals surface area contributed by atoms with E-state index in [9.17, 15) is 0 Å². The van der Waals surface area contributed by atoms with Gasteiger partial charge < -0.3 is 10.1 Å². The molecule has 94 valence electrons. The monoisotopic (exact) mass is 235 g/mol. The van der Waals surface area contributed by atoms with E-state index in [1.165, 1.54) is 13.0 Å². The molecule has 0 aliphatic carbocycles. The standard InChI is InChI=1S/C13H21N3O/c1-2-6-15-13(4-1)12-14-5-3-7-16-8-10-17-11-9-16/h1-2,4,6,14H,3,5,7-12H2. The highest BCUT2D eigenvalue weighted by Crippen LogP contribution is 1.97. The first-order valence-corrected chi connectivity index (χ1v) is 6.36. The summed E-state index contributed by atoms with van der Waals surface area (Å²) in [6.45, 7) is 7.03. The average Bonchev–Trinajstić information content (AvgIpc) is 2.41. The smallest absolute Gasteiger partial charge is 0.0594 e. The number of aromatic nitrogens is 1. The molecule has 4 heteroatoms. The van der Waals surface area contributed by atoms with Crippen LogP contribution >= 0.6 is 0 Å². The van der Waals surface area contributed by atoms with Gasteiger partial charge in [0, 0.05) is 25.8 Å². The summed E-state index contributed by atoms with van der Waals surface area (Å²) in [5, 5.41) is 3.42. The number of rotatable bonds is 6. The lowest BCUT2D eigenvalue weighted by Gasteiger charge is -2.26. The number of hydrogen-bond acceptors (Lipinski definition) is 4. The van der Waals surface area contributed by atoms with Crippen LogP contribution in [-0.2, 0) is 11.3 Å². The molecule has 0 saturated carbocycles. The van der Waals surface area contributed by atoms with Gasteiger partial charge in [-0.05, 0) is 31.6 Å². The number of ether oxygens (including phenoxy) is 1. The molecule has 0 atom stereocenters. The number of hydrogen-bond donors (Lipinski definition) is 1. The van der Waals surface area contributed by atoms with Crippen LogP contribution in [0.15, 0.2) is 24.4 Å². The summed E-state index contributed by atoms with van der Waals surface area (Å²) in [4.78, 5) is 6.74. The van der Waals surface area contributed by atoms with Gasteiger partial charge >= 0.3 is 0 Å². The molecule has 1 aromatic rings. The van der Waals surface area contributed by atoms with Crippen molar-refractivity contribution in [1.82, 2.24) is 15.2 Å². The van der Waals surface area contributed by atoms with Gasteiger partial charge in [-0.1, -0.05) is 6.07 Å². The molecule has 4 nitrogen and oxygen atoms in total. The third-order valence-electron chi connectivity index (χ3n) is 2.96. The molecule has 0 unspecified atom stereocenters. The Morgan fingerprint density at radius 2 is 2.18 bits per heavy atom. The highest BCUT2D eigenvalue weighted by molar-refractivity contribution is 5.02. The molecule has 1 fully saturated rings.